The number of thiocarbonyl (C=S) groups is 1. The summed E-state index contributed by atoms with van der Waals surface area (Å²) in [4.78, 5) is 13.7. The molecule has 7 heteroatoms. The number of hydrogen-bond donors (Lipinski definition) is 2. The van der Waals surface area contributed by atoms with Crippen molar-refractivity contribution in [3.63, 3.8) is 0 Å². The first-order chi connectivity index (χ1) is 12.2. The number of nitrogens with one attached hydrogen (secondary N) is 2. The summed E-state index contributed by atoms with van der Waals surface area (Å²) >= 11 is 5.26. The van der Waals surface area contributed by atoms with Gasteiger partial charge in [0.15, 0.2) is 5.11 Å². The number of carbonyl (C=O) groups is 1. The fourth-order valence-electron chi connectivity index (χ4n) is 2.32. The molecule has 0 bridgehead atoms. The topological polar surface area (TPSA) is 71.8 Å². The molecule has 1 aromatic heterocycles. The number of benzene rings is 2. The van der Waals surface area contributed by atoms with Crippen LogP contribution in [0.3, 0.4) is 0 Å². The monoisotopic (exact) mass is 367 g/mol. The van der Waals surface area contributed by atoms with Crippen LogP contribution in [0.5, 0.6) is 0 Å². The van der Waals surface area contributed by atoms with Gasteiger partial charge < -0.3 is 10.6 Å². The normalized spacial score (nSPS) is 11.4. The van der Waals surface area contributed by atoms with E-state index in [0.29, 0.717) is 0 Å². The van der Waals surface area contributed by atoms with E-state index in [1.165, 1.54) is 0 Å². The molecule has 0 aliphatic rings. The van der Waals surface area contributed by atoms with Crippen molar-refractivity contribution in [2.45, 2.75) is 27.7 Å². The highest BCUT2D eigenvalue weighted by molar-refractivity contribution is 7.80. The molecule has 0 unspecified atom stereocenters. The van der Waals surface area contributed by atoms with Gasteiger partial charge in [-0.25, -0.2) is 0 Å². The van der Waals surface area contributed by atoms with Gasteiger partial charge in [-0.1, -0.05) is 39.0 Å². The number of nitrogens with zero attached hydrogens (tertiary/aromatic N) is 3. The van der Waals surface area contributed by atoms with Crippen molar-refractivity contribution < 1.29 is 4.79 Å². The second-order valence-corrected chi connectivity index (χ2v) is 7.55. The predicted octanol–water partition coefficient (Wildman–Crippen LogP) is 3.59. The molecule has 6 nitrogen and oxygen atoms in total. The van der Waals surface area contributed by atoms with Crippen molar-refractivity contribution in [2.24, 2.45) is 5.41 Å². The van der Waals surface area contributed by atoms with E-state index in [1.54, 1.807) is 4.80 Å². The minimum absolute atomic E-state index is 0.135. The summed E-state index contributed by atoms with van der Waals surface area (Å²) in [6, 6.07) is 13.6. The average Bonchev–Trinajstić information content (AvgIpc) is 2.97. The molecule has 0 saturated carbocycles. The largest absolute Gasteiger partial charge is 0.332 e. The van der Waals surface area contributed by atoms with E-state index in [9.17, 15) is 4.79 Å². The minimum Gasteiger partial charge on any atom is -0.332 e. The van der Waals surface area contributed by atoms with Gasteiger partial charge in [0, 0.05) is 11.1 Å². The second kappa shape index (κ2) is 6.84. The summed E-state index contributed by atoms with van der Waals surface area (Å²) in [6.07, 6.45) is 0. The minimum atomic E-state index is -0.511. The zero-order valence-corrected chi connectivity index (χ0v) is 16.0. The molecule has 3 rings (SSSR count). The van der Waals surface area contributed by atoms with Crippen molar-refractivity contribution in [3.8, 4) is 5.69 Å². The van der Waals surface area contributed by atoms with E-state index >= 15 is 0 Å². The molecule has 26 heavy (non-hydrogen) atoms. The molecule has 1 heterocycles. The zero-order valence-electron chi connectivity index (χ0n) is 15.2. The smallest absolute Gasteiger partial charge is 0.231 e. The van der Waals surface area contributed by atoms with Gasteiger partial charge in [-0.3, -0.25) is 4.79 Å². The molecule has 1 amide bonds. The van der Waals surface area contributed by atoms with Crippen LogP contribution in [0, 0.1) is 12.3 Å². The molecular formula is C19H21N5OS. The Balaban J connectivity index is 1.84. The number of fused-ring (bicyclic) bond motifs is 1. The van der Waals surface area contributed by atoms with E-state index in [0.717, 1.165) is 28.0 Å². The highest BCUT2D eigenvalue weighted by atomic mass is 32.1. The van der Waals surface area contributed by atoms with Crippen molar-refractivity contribution in [1.29, 1.82) is 0 Å². The Kier molecular flexibility index (Phi) is 4.73. The predicted molar refractivity (Wildman–Crippen MR) is 107 cm³/mol. The summed E-state index contributed by atoms with van der Waals surface area (Å²) in [6.45, 7) is 7.47. The number of anilines is 1. The Morgan fingerprint density at radius 1 is 1.08 bits per heavy atom. The lowest BCUT2D eigenvalue weighted by molar-refractivity contribution is -0.126. The highest BCUT2D eigenvalue weighted by Gasteiger charge is 2.22. The van der Waals surface area contributed by atoms with Gasteiger partial charge in [-0.15, -0.1) is 10.2 Å². The van der Waals surface area contributed by atoms with Crippen molar-refractivity contribution in [3.05, 3.63) is 48.0 Å². The number of rotatable bonds is 2. The van der Waals surface area contributed by atoms with Crippen LogP contribution in [0.2, 0.25) is 0 Å². The Labute approximate surface area is 157 Å². The molecule has 134 valence electrons. The third-order valence-electron chi connectivity index (χ3n) is 3.87. The van der Waals surface area contributed by atoms with Gasteiger partial charge in [-0.2, -0.15) is 4.80 Å². The van der Waals surface area contributed by atoms with Gasteiger partial charge in [0.1, 0.15) is 11.0 Å². The molecule has 0 radical (unpaired) electrons. The lowest BCUT2D eigenvalue weighted by Gasteiger charge is -2.19. The fraction of sp³-hybridized carbons (Fsp3) is 0.263. The van der Waals surface area contributed by atoms with Crippen molar-refractivity contribution in [1.82, 2.24) is 20.3 Å². The molecule has 0 spiro atoms. The number of aryl methyl sites for hydroxylation is 1. The molecule has 0 aliphatic heterocycles. The first kappa shape index (κ1) is 18.0. The number of aromatic nitrogens is 3. The van der Waals surface area contributed by atoms with Crippen molar-refractivity contribution in [2.75, 3.05) is 5.32 Å². The van der Waals surface area contributed by atoms with Crippen LogP contribution < -0.4 is 10.6 Å². The highest BCUT2D eigenvalue weighted by Crippen LogP contribution is 2.22. The molecule has 2 N–H and O–H groups in total. The Morgan fingerprint density at radius 2 is 1.69 bits per heavy atom. The molecule has 0 aliphatic carbocycles. The van der Waals surface area contributed by atoms with Gasteiger partial charge in [0.2, 0.25) is 5.91 Å². The SMILES string of the molecule is Cc1cc2nn(-c3ccccc3)nc2cc1NC(=S)NC(=O)C(C)(C)C. The summed E-state index contributed by atoms with van der Waals surface area (Å²) in [5.74, 6) is -0.135. The Bertz CT molecular complexity index is 973. The van der Waals surface area contributed by atoms with Crippen LogP contribution >= 0.6 is 12.2 Å². The summed E-state index contributed by atoms with van der Waals surface area (Å²) in [5, 5.41) is 15.1. The lowest BCUT2D eigenvalue weighted by atomic mass is 9.96. The van der Waals surface area contributed by atoms with Crippen LogP contribution in [0.4, 0.5) is 5.69 Å². The lowest BCUT2D eigenvalue weighted by Crippen LogP contribution is -2.41. The molecule has 0 atom stereocenters. The fourth-order valence-corrected chi connectivity index (χ4v) is 2.53. The van der Waals surface area contributed by atoms with Crippen LogP contribution in [0.15, 0.2) is 42.5 Å². The second-order valence-electron chi connectivity index (χ2n) is 7.14. The number of hydrogen-bond acceptors (Lipinski definition) is 4. The average molecular weight is 367 g/mol. The Morgan fingerprint density at radius 3 is 2.31 bits per heavy atom. The van der Waals surface area contributed by atoms with Gasteiger partial charge in [0.25, 0.3) is 0 Å². The Hall–Kier alpha value is -2.80. The number of amides is 1. The van der Waals surface area contributed by atoms with Crippen LogP contribution in [-0.2, 0) is 4.79 Å². The molecule has 3 aromatic rings. The van der Waals surface area contributed by atoms with Crippen molar-refractivity contribution >= 4 is 40.0 Å². The van der Waals surface area contributed by atoms with E-state index in [4.69, 9.17) is 12.2 Å². The quantitative estimate of drug-likeness (QED) is 0.677. The van der Waals surface area contributed by atoms with E-state index in [1.807, 2.05) is 70.2 Å². The zero-order chi connectivity index (χ0) is 18.9. The maximum absolute atomic E-state index is 12.1. The van der Waals surface area contributed by atoms with Gasteiger partial charge in [-0.05, 0) is 49.0 Å². The van der Waals surface area contributed by atoms with E-state index < -0.39 is 5.41 Å². The molecular weight excluding hydrogens is 346 g/mol. The van der Waals surface area contributed by atoms with Crippen LogP contribution in [0.25, 0.3) is 16.7 Å². The summed E-state index contributed by atoms with van der Waals surface area (Å²) < 4.78 is 0. The van der Waals surface area contributed by atoms with E-state index in [-0.39, 0.29) is 11.0 Å². The third-order valence-corrected chi connectivity index (χ3v) is 4.07. The maximum atomic E-state index is 12.1. The first-order valence-corrected chi connectivity index (χ1v) is 8.70. The summed E-state index contributed by atoms with van der Waals surface area (Å²) in [5.41, 5.74) is 3.67. The first-order valence-electron chi connectivity index (χ1n) is 8.29. The summed E-state index contributed by atoms with van der Waals surface area (Å²) in [7, 11) is 0. The van der Waals surface area contributed by atoms with Crippen LogP contribution in [0.1, 0.15) is 26.3 Å². The number of para-hydroxylation sites is 1. The molecule has 0 saturated heterocycles. The molecule has 2 aromatic carbocycles. The van der Waals surface area contributed by atoms with Crippen LogP contribution in [-0.4, -0.2) is 26.0 Å². The third kappa shape index (κ3) is 3.88. The molecule has 0 fully saturated rings. The maximum Gasteiger partial charge on any atom is 0.231 e. The van der Waals surface area contributed by atoms with Gasteiger partial charge in [0.05, 0.1) is 5.69 Å². The number of carbonyl (C=O) groups excluding carboxylic acids is 1. The standard InChI is InChI=1S/C19H21N5OS/c1-12-10-15-16(23-24(22-15)13-8-6-5-7-9-13)11-14(12)20-18(26)21-17(25)19(2,3)4/h5-11H,1-4H3,(H2,20,21,25,26). The van der Waals surface area contributed by atoms with Gasteiger partial charge >= 0.3 is 0 Å². The van der Waals surface area contributed by atoms with E-state index in [2.05, 4.69) is 20.8 Å².